The molecule has 6 rings (SSSR count). The van der Waals surface area contributed by atoms with E-state index in [9.17, 15) is 9.59 Å². The van der Waals surface area contributed by atoms with E-state index < -0.39 is 0 Å². The van der Waals surface area contributed by atoms with E-state index in [0.29, 0.717) is 16.8 Å². The lowest BCUT2D eigenvalue weighted by Gasteiger charge is -2.08. The number of hydrogen-bond donors (Lipinski definition) is 1. The number of hydrogen-bond acceptors (Lipinski definition) is 6. The highest BCUT2D eigenvalue weighted by atomic mass is 32.1. The molecule has 0 aliphatic rings. The minimum Gasteiger partial charge on any atom is -0.448 e. The molecular weight excluding hydrogens is 448 g/mol. The maximum Gasteiger partial charge on any atom is 0.297 e. The average Bonchev–Trinajstić information content (AvgIpc) is 3.43. The number of fused-ring (bicyclic) bond motifs is 4. The number of thiazole rings is 1. The third-order valence-electron chi connectivity index (χ3n) is 5.60. The molecule has 0 bridgehead atoms. The topological polar surface area (TPSA) is 90.0 Å². The molecule has 0 atom stereocenters. The molecule has 166 valence electrons. The quantitative estimate of drug-likeness (QED) is 0.387. The van der Waals surface area contributed by atoms with Gasteiger partial charge in [0.1, 0.15) is 17.6 Å². The monoisotopic (exact) mass is 466 g/mol. The van der Waals surface area contributed by atoms with Crippen molar-refractivity contribution in [3.05, 3.63) is 100 Å². The molecule has 7 nitrogen and oxygen atoms in total. The summed E-state index contributed by atoms with van der Waals surface area (Å²) in [6, 6.07) is 23.1. The van der Waals surface area contributed by atoms with Crippen LogP contribution in [0.5, 0.6) is 0 Å². The summed E-state index contributed by atoms with van der Waals surface area (Å²) in [5, 5.41) is 4.66. The molecule has 3 heterocycles. The zero-order valence-corrected chi connectivity index (χ0v) is 18.7. The number of rotatable bonds is 5. The van der Waals surface area contributed by atoms with Gasteiger partial charge in [-0.05, 0) is 42.0 Å². The standard InChI is InChI=1S/C26H18N4O3S/c31-22(14-30-15-27-24-18-5-1-3-7-20(18)33-25(24)26(30)32)28-17-11-9-16(10-12-17)13-23-29-19-6-2-4-8-21(19)34-23/h1-12,15H,13-14H2,(H,28,31). The van der Waals surface area contributed by atoms with Gasteiger partial charge in [-0.3, -0.25) is 14.2 Å². The number of carbonyl (C=O) groups excluding carboxylic acids is 1. The Morgan fingerprint density at radius 1 is 1.00 bits per heavy atom. The molecule has 0 spiro atoms. The van der Waals surface area contributed by atoms with Gasteiger partial charge in [-0.25, -0.2) is 9.97 Å². The summed E-state index contributed by atoms with van der Waals surface area (Å²) in [5.74, 6) is -0.321. The van der Waals surface area contributed by atoms with Gasteiger partial charge in [-0.2, -0.15) is 0 Å². The smallest absolute Gasteiger partial charge is 0.297 e. The second-order valence-electron chi connectivity index (χ2n) is 7.95. The summed E-state index contributed by atoms with van der Waals surface area (Å²) >= 11 is 1.68. The number of anilines is 1. The highest BCUT2D eigenvalue weighted by Crippen LogP contribution is 2.25. The van der Waals surface area contributed by atoms with Crippen LogP contribution in [0.1, 0.15) is 10.6 Å². The minimum atomic E-state index is -0.387. The summed E-state index contributed by atoms with van der Waals surface area (Å²) in [4.78, 5) is 34.4. The molecule has 0 saturated heterocycles. The molecule has 0 fully saturated rings. The van der Waals surface area contributed by atoms with Gasteiger partial charge in [-0.15, -0.1) is 11.3 Å². The summed E-state index contributed by atoms with van der Waals surface area (Å²) in [5.41, 5.74) is 3.63. The third kappa shape index (κ3) is 3.74. The van der Waals surface area contributed by atoms with Crippen molar-refractivity contribution < 1.29 is 9.21 Å². The molecule has 0 saturated carbocycles. The van der Waals surface area contributed by atoms with Crippen LogP contribution < -0.4 is 10.9 Å². The number of furan rings is 1. The van der Waals surface area contributed by atoms with Crippen molar-refractivity contribution in [2.75, 3.05) is 5.32 Å². The summed E-state index contributed by atoms with van der Waals surface area (Å²) in [6.45, 7) is -0.160. The molecule has 0 radical (unpaired) electrons. The zero-order valence-electron chi connectivity index (χ0n) is 17.9. The van der Waals surface area contributed by atoms with Crippen molar-refractivity contribution >= 4 is 55.2 Å². The van der Waals surface area contributed by atoms with Gasteiger partial charge in [0.2, 0.25) is 11.5 Å². The molecule has 0 aliphatic carbocycles. The summed E-state index contributed by atoms with van der Waals surface area (Å²) in [7, 11) is 0. The Morgan fingerprint density at radius 3 is 2.65 bits per heavy atom. The van der Waals surface area contributed by atoms with E-state index in [1.807, 2.05) is 60.7 Å². The second-order valence-corrected chi connectivity index (χ2v) is 9.07. The Balaban J connectivity index is 1.15. The first-order valence-electron chi connectivity index (χ1n) is 10.7. The maximum atomic E-state index is 12.8. The molecule has 1 amide bonds. The number of carbonyl (C=O) groups is 1. The van der Waals surface area contributed by atoms with Crippen molar-refractivity contribution in [3.63, 3.8) is 0 Å². The Morgan fingerprint density at radius 2 is 1.79 bits per heavy atom. The molecule has 0 unspecified atom stereocenters. The number of nitrogens with zero attached hydrogens (tertiary/aromatic N) is 3. The van der Waals surface area contributed by atoms with Gasteiger partial charge >= 0.3 is 0 Å². The number of benzene rings is 3. The Labute approximate surface area is 197 Å². The van der Waals surface area contributed by atoms with Gasteiger partial charge in [0.05, 0.1) is 21.6 Å². The highest BCUT2D eigenvalue weighted by Gasteiger charge is 2.14. The lowest BCUT2D eigenvalue weighted by molar-refractivity contribution is -0.116. The third-order valence-corrected chi connectivity index (χ3v) is 6.63. The molecule has 3 aromatic carbocycles. The van der Waals surface area contributed by atoms with Crippen LogP contribution in [-0.4, -0.2) is 20.4 Å². The van der Waals surface area contributed by atoms with E-state index in [4.69, 9.17) is 4.42 Å². The van der Waals surface area contributed by atoms with E-state index >= 15 is 0 Å². The van der Waals surface area contributed by atoms with Crippen LogP contribution in [-0.2, 0) is 17.8 Å². The van der Waals surface area contributed by atoms with Crippen molar-refractivity contribution in [3.8, 4) is 0 Å². The largest absolute Gasteiger partial charge is 0.448 e. The van der Waals surface area contributed by atoms with Crippen LogP contribution in [0.3, 0.4) is 0 Å². The summed E-state index contributed by atoms with van der Waals surface area (Å²) in [6.07, 6.45) is 2.11. The van der Waals surface area contributed by atoms with Crippen LogP contribution in [0.2, 0.25) is 0 Å². The first-order chi connectivity index (χ1) is 16.6. The fourth-order valence-corrected chi connectivity index (χ4v) is 4.96. The lowest BCUT2D eigenvalue weighted by atomic mass is 10.1. The van der Waals surface area contributed by atoms with Crippen molar-refractivity contribution in [2.45, 2.75) is 13.0 Å². The van der Waals surface area contributed by atoms with Crippen molar-refractivity contribution in [1.82, 2.24) is 14.5 Å². The van der Waals surface area contributed by atoms with Gasteiger partial charge in [0.15, 0.2) is 0 Å². The van der Waals surface area contributed by atoms with Crippen LogP contribution in [0.25, 0.3) is 32.3 Å². The van der Waals surface area contributed by atoms with Gasteiger partial charge in [0.25, 0.3) is 5.56 Å². The van der Waals surface area contributed by atoms with Crippen LogP contribution in [0.4, 0.5) is 5.69 Å². The predicted octanol–water partition coefficient (Wildman–Crippen LogP) is 4.98. The molecular formula is C26H18N4O3S. The Bertz CT molecular complexity index is 1700. The first kappa shape index (κ1) is 20.3. The molecule has 3 aromatic heterocycles. The van der Waals surface area contributed by atoms with Gasteiger partial charge in [0, 0.05) is 17.5 Å². The van der Waals surface area contributed by atoms with Crippen LogP contribution >= 0.6 is 11.3 Å². The van der Waals surface area contributed by atoms with Gasteiger partial charge < -0.3 is 9.73 Å². The van der Waals surface area contributed by atoms with Gasteiger partial charge in [-0.1, -0.05) is 36.4 Å². The Hall–Kier alpha value is -4.30. The van der Waals surface area contributed by atoms with E-state index in [2.05, 4.69) is 21.4 Å². The highest BCUT2D eigenvalue weighted by molar-refractivity contribution is 7.18. The van der Waals surface area contributed by atoms with Crippen molar-refractivity contribution in [2.24, 2.45) is 0 Å². The van der Waals surface area contributed by atoms with E-state index in [-0.39, 0.29) is 23.6 Å². The molecule has 34 heavy (non-hydrogen) atoms. The maximum absolute atomic E-state index is 12.8. The first-order valence-corrected chi connectivity index (χ1v) is 11.6. The van der Waals surface area contributed by atoms with E-state index in [1.165, 1.54) is 15.6 Å². The second kappa shape index (κ2) is 8.24. The normalized spacial score (nSPS) is 11.4. The summed E-state index contributed by atoms with van der Waals surface area (Å²) < 4.78 is 8.10. The van der Waals surface area contributed by atoms with Crippen LogP contribution in [0.15, 0.2) is 88.3 Å². The SMILES string of the molecule is O=C(Cn1cnc2c(oc3ccccc32)c1=O)Nc1ccc(Cc2nc3ccccc3s2)cc1. The minimum absolute atomic E-state index is 0.149. The van der Waals surface area contributed by atoms with E-state index in [1.54, 1.807) is 17.4 Å². The zero-order chi connectivity index (χ0) is 23.1. The number of aromatic nitrogens is 3. The Kier molecular flexibility index (Phi) is 4.92. The molecule has 6 aromatic rings. The van der Waals surface area contributed by atoms with Crippen LogP contribution in [0, 0.1) is 0 Å². The van der Waals surface area contributed by atoms with Crippen molar-refractivity contribution in [1.29, 1.82) is 0 Å². The number of para-hydroxylation sites is 2. The number of nitrogens with one attached hydrogen (secondary N) is 1. The fraction of sp³-hybridized carbons (Fsp3) is 0.0769. The molecule has 1 N–H and O–H groups in total. The van der Waals surface area contributed by atoms with E-state index in [0.717, 1.165) is 27.9 Å². The number of amides is 1. The predicted molar refractivity (Wildman–Crippen MR) is 133 cm³/mol. The lowest BCUT2D eigenvalue weighted by Crippen LogP contribution is -2.27. The molecule has 0 aliphatic heterocycles. The average molecular weight is 467 g/mol. The molecule has 8 heteroatoms. The fourth-order valence-electron chi connectivity index (χ4n) is 3.96.